The van der Waals surface area contributed by atoms with Crippen LogP contribution >= 0.6 is 0 Å². The summed E-state index contributed by atoms with van der Waals surface area (Å²) in [4.78, 5) is 13.7. The molecule has 8 heteroatoms. The topological polar surface area (TPSA) is 129 Å². The Balaban J connectivity index is 2.18. The lowest BCUT2D eigenvalue weighted by Gasteiger charge is -2.32. The fourth-order valence-electron chi connectivity index (χ4n) is 1.94. The van der Waals surface area contributed by atoms with Crippen LogP contribution in [0.25, 0.3) is 0 Å². The fraction of sp³-hybridized carbons (Fsp3) is 0.333. The number of amidine groups is 1. The number of amides is 1. The highest BCUT2D eigenvalue weighted by molar-refractivity contribution is 5.97. The third-order valence-corrected chi connectivity index (χ3v) is 3.01. The van der Waals surface area contributed by atoms with E-state index in [1.807, 2.05) is 0 Å². The molecule has 1 atom stereocenters. The Labute approximate surface area is 114 Å². The zero-order chi connectivity index (χ0) is 14.7. The molecule has 0 aliphatic carbocycles. The zero-order valence-corrected chi connectivity index (χ0v) is 10.6. The molecule has 0 radical (unpaired) electrons. The molecule has 1 heterocycles. The molecule has 1 fully saturated rings. The second-order valence-electron chi connectivity index (χ2n) is 4.34. The summed E-state index contributed by atoms with van der Waals surface area (Å²) in [7, 11) is 0. The quantitative estimate of drug-likeness (QED) is 0.193. The van der Waals surface area contributed by atoms with Crippen LogP contribution in [0, 0.1) is 0 Å². The summed E-state index contributed by atoms with van der Waals surface area (Å²) in [5.74, 6) is -0.924. The number of hydrogen-bond acceptors (Lipinski definition) is 6. The predicted octanol–water partition coefficient (Wildman–Crippen LogP) is -0.315. The van der Waals surface area contributed by atoms with Crippen LogP contribution in [0.3, 0.4) is 0 Å². The molecule has 2 rings (SSSR count). The van der Waals surface area contributed by atoms with E-state index in [0.717, 1.165) is 0 Å². The number of ether oxygens (including phenoxy) is 1. The van der Waals surface area contributed by atoms with Gasteiger partial charge in [0.05, 0.1) is 18.7 Å². The van der Waals surface area contributed by atoms with Crippen LogP contribution in [-0.4, -0.2) is 57.9 Å². The molecule has 8 nitrogen and oxygen atoms in total. The maximum absolute atomic E-state index is 12.3. The van der Waals surface area contributed by atoms with Gasteiger partial charge in [-0.3, -0.25) is 4.79 Å². The number of phenolic OH excluding ortho intramolecular Hbond substituents is 2. The largest absolute Gasteiger partial charge is 0.508 e. The molecule has 1 aliphatic rings. The van der Waals surface area contributed by atoms with E-state index in [-0.39, 0.29) is 36.0 Å². The molecule has 5 N–H and O–H groups in total. The molecule has 0 saturated carbocycles. The Morgan fingerprint density at radius 2 is 2.20 bits per heavy atom. The van der Waals surface area contributed by atoms with Crippen molar-refractivity contribution < 1.29 is 25.0 Å². The van der Waals surface area contributed by atoms with Crippen molar-refractivity contribution in [3.63, 3.8) is 0 Å². The molecule has 1 aromatic carbocycles. The van der Waals surface area contributed by atoms with Crippen molar-refractivity contribution in [1.82, 2.24) is 4.90 Å². The molecule has 0 aromatic heterocycles. The van der Waals surface area contributed by atoms with Crippen molar-refractivity contribution in [2.75, 3.05) is 19.7 Å². The monoisotopic (exact) mass is 281 g/mol. The summed E-state index contributed by atoms with van der Waals surface area (Å²) in [5, 5.41) is 30.5. The minimum atomic E-state index is -0.697. The number of aromatic hydroxyl groups is 2. The van der Waals surface area contributed by atoms with E-state index >= 15 is 0 Å². The normalized spacial score (nSPS) is 19.9. The van der Waals surface area contributed by atoms with E-state index in [1.54, 1.807) is 0 Å². The molecular weight excluding hydrogens is 266 g/mol. The molecule has 0 spiro atoms. The highest BCUT2D eigenvalue weighted by Gasteiger charge is 2.28. The van der Waals surface area contributed by atoms with E-state index in [9.17, 15) is 15.0 Å². The standard InChI is InChI=1S/C12H15N3O5/c13-11(14-19)10-6-15(3-4-20-10)12(18)8-5-7(16)1-2-9(8)17/h1-2,5,10,16-17,19H,3-4,6H2,(H2,13,14). The van der Waals surface area contributed by atoms with Gasteiger partial charge in [-0.25, -0.2) is 0 Å². The summed E-state index contributed by atoms with van der Waals surface area (Å²) in [6.07, 6.45) is -0.697. The van der Waals surface area contributed by atoms with Crippen LogP contribution in [0.5, 0.6) is 11.5 Å². The number of nitrogens with zero attached hydrogens (tertiary/aromatic N) is 2. The van der Waals surface area contributed by atoms with Crippen LogP contribution < -0.4 is 5.73 Å². The van der Waals surface area contributed by atoms with Crippen LogP contribution in [0.15, 0.2) is 23.4 Å². The molecule has 0 bridgehead atoms. The van der Waals surface area contributed by atoms with Crippen molar-refractivity contribution >= 4 is 11.7 Å². The summed E-state index contributed by atoms with van der Waals surface area (Å²) >= 11 is 0. The molecule has 108 valence electrons. The summed E-state index contributed by atoms with van der Waals surface area (Å²) in [5.41, 5.74) is 5.44. The average Bonchev–Trinajstić information content (AvgIpc) is 2.48. The molecular formula is C12H15N3O5. The van der Waals surface area contributed by atoms with E-state index in [0.29, 0.717) is 6.54 Å². The minimum absolute atomic E-state index is 0.00911. The molecule has 1 unspecified atom stereocenters. The summed E-state index contributed by atoms with van der Waals surface area (Å²) in [6.45, 7) is 0.638. The summed E-state index contributed by atoms with van der Waals surface area (Å²) in [6, 6.07) is 3.71. The Bertz CT molecular complexity index is 546. The Morgan fingerprint density at radius 1 is 1.45 bits per heavy atom. The number of morpholine rings is 1. The first-order chi connectivity index (χ1) is 9.52. The molecule has 20 heavy (non-hydrogen) atoms. The van der Waals surface area contributed by atoms with Crippen molar-refractivity contribution in [1.29, 1.82) is 0 Å². The van der Waals surface area contributed by atoms with Gasteiger partial charge in [0.1, 0.15) is 17.6 Å². The van der Waals surface area contributed by atoms with Gasteiger partial charge in [-0.15, -0.1) is 0 Å². The van der Waals surface area contributed by atoms with Crippen LogP contribution in [0.1, 0.15) is 10.4 Å². The second-order valence-corrected chi connectivity index (χ2v) is 4.34. The van der Waals surface area contributed by atoms with Gasteiger partial charge < -0.3 is 30.8 Å². The first-order valence-electron chi connectivity index (χ1n) is 5.93. The zero-order valence-electron chi connectivity index (χ0n) is 10.6. The average molecular weight is 281 g/mol. The minimum Gasteiger partial charge on any atom is -0.508 e. The van der Waals surface area contributed by atoms with Crippen molar-refractivity contribution in [3.05, 3.63) is 23.8 Å². The third kappa shape index (κ3) is 2.75. The number of carbonyl (C=O) groups excluding carboxylic acids is 1. The van der Waals surface area contributed by atoms with Crippen LogP contribution in [0.2, 0.25) is 0 Å². The number of hydrogen-bond donors (Lipinski definition) is 4. The van der Waals surface area contributed by atoms with Crippen molar-refractivity contribution in [3.8, 4) is 11.5 Å². The molecule has 1 saturated heterocycles. The van der Waals surface area contributed by atoms with E-state index in [2.05, 4.69) is 5.16 Å². The van der Waals surface area contributed by atoms with Gasteiger partial charge in [0, 0.05) is 6.54 Å². The summed E-state index contributed by atoms with van der Waals surface area (Å²) < 4.78 is 5.28. The third-order valence-electron chi connectivity index (χ3n) is 3.01. The fourth-order valence-corrected chi connectivity index (χ4v) is 1.94. The number of carbonyl (C=O) groups is 1. The van der Waals surface area contributed by atoms with Gasteiger partial charge >= 0.3 is 0 Å². The van der Waals surface area contributed by atoms with E-state index in [1.165, 1.54) is 23.1 Å². The maximum Gasteiger partial charge on any atom is 0.257 e. The number of nitrogens with two attached hydrogens (primary N) is 1. The second kappa shape index (κ2) is 5.66. The predicted molar refractivity (Wildman–Crippen MR) is 68.8 cm³/mol. The van der Waals surface area contributed by atoms with Crippen LogP contribution in [0.4, 0.5) is 0 Å². The first-order valence-corrected chi connectivity index (χ1v) is 5.93. The van der Waals surface area contributed by atoms with Crippen LogP contribution in [-0.2, 0) is 4.74 Å². The number of phenols is 2. The van der Waals surface area contributed by atoms with Gasteiger partial charge in [-0.1, -0.05) is 5.16 Å². The highest BCUT2D eigenvalue weighted by Crippen LogP contribution is 2.24. The molecule has 1 aromatic rings. The van der Waals surface area contributed by atoms with Gasteiger partial charge in [0.25, 0.3) is 5.91 Å². The van der Waals surface area contributed by atoms with Crippen molar-refractivity contribution in [2.24, 2.45) is 10.9 Å². The van der Waals surface area contributed by atoms with Gasteiger partial charge in [0.15, 0.2) is 5.84 Å². The lowest BCUT2D eigenvalue weighted by Crippen LogP contribution is -2.50. The van der Waals surface area contributed by atoms with E-state index < -0.39 is 12.0 Å². The molecule has 1 amide bonds. The molecule has 1 aliphatic heterocycles. The Kier molecular flexibility index (Phi) is 3.94. The maximum atomic E-state index is 12.3. The SMILES string of the molecule is N/C(=N/O)C1CN(C(=O)c2cc(O)ccc2O)CCO1. The van der Waals surface area contributed by atoms with E-state index in [4.69, 9.17) is 15.7 Å². The number of benzene rings is 1. The highest BCUT2D eigenvalue weighted by atomic mass is 16.5. The van der Waals surface area contributed by atoms with Crippen molar-refractivity contribution in [2.45, 2.75) is 6.10 Å². The Morgan fingerprint density at radius 3 is 2.90 bits per heavy atom. The first kappa shape index (κ1) is 13.9. The number of rotatable bonds is 2. The smallest absolute Gasteiger partial charge is 0.257 e. The van der Waals surface area contributed by atoms with Gasteiger partial charge in [-0.05, 0) is 18.2 Å². The van der Waals surface area contributed by atoms with Gasteiger partial charge in [-0.2, -0.15) is 0 Å². The number of oxime groups is 1. The lowest BCUT2D eigenvalue weighted by atomic mass is 10.1. The van der Waals surface area contributed by atoms with Gasteiger partial charge in [0.2, 0.25) is 0 Å². The lowest BCUT2D eigenvalue weighted by molar-refractivity contribution is 0.00661. The Hall–Kier alpha value is -2.48.